The van der Waals surface area contributed by atoms with E-state index in [1.54, 1.807) is 0 Å². The van der Waals surface area contributed by atoms with Crippen LogP contribution < -0.4 is 0 Å². The Kier molecular flexibility index (Phi) is 7.51. The van der Waals surface area contributed by atoms with E-state index >= 15 is 0 Å². The lowest BCUT2D eigenvalue weighted by atomic mass is 10.0. The predicted molar refractivity (Wildman–Crippen MR) is 117 cm³/mol. The van der Waals surface area contributed by atoms with Crippen molar-refractivity contribution in [3.8, 4) is 0 Å². The number of carbonyl (C=O) groups excluding carboxylic acids is 3. The highest BCUT2D eigenvalue weighted by atomic mass is 16.2. The van der Waals surface area contributed by atoms with Crippen LogP contribution in [0.4, 0.5) is 0 Å². The van der Waals surface area contributed by atoms with Gasteiger partial charge in [-0.05, 0) is 31.7 Å². The van der Waals surface area contributed by atoms with Crippen LogP contribution >= 0.6 is 0 Å². The van der Waals surface area contributed by atoms with Gasteiger partial charge in [0.1, 0.15) is 0 Å². The highest BCUT2D eigenvalue weighted by Crippen LogP contribution is 2.29. The number of amides is 3. The molecule has 0 N–H and O–H groups in total. The van der Waals surface area contributed by atoms with E-state index in [1.807, 2.05) is 52.0 Å². The summed E-state index contributed by atoms with van der Waals surface area (Å²) in [5.74, 6) is 0.110. The predicted octanol–water partition coefficient (Wildman–Crippen LogP) is 3.09. The number of hydrogen-bond acceptors (Lipinski definition) is 3. The summed E-state index contributed by atoms with van der Waals surface area (Å²) in [6.45, 7) is 9.12. The van der Waals surface area contributed by atoms with E-state index in [0.717, 1.165) is 24.8 Å². The van der Waals surface area contributed by atoms with Crippen LogP contribution in [0.2, 0.25) is 0 Å². The maximum atomic E-state index is 13.2. The molecule has 6 heteroatoms. The Labute approximate surface area is 180 Å². The highest BCUT2D eigenvalue weighted by Gasteiger charge is 2.39. The molecule has 2 fully saturated rings. The average Bonchev–Trinajstić information content (AvgIpc) is 2.99. The van der Waals surface area contributed by atoms with Gasteiger partial charge in [0.15, 0.2) is 0 Å². The van der Waals surface area contributed by atoms with Crippen molar-refractivity contribution in [3.05, 3.63) is 35.9 Å². The van der Waals surface area contributed by atoms with Gasteiger partial charge in [0, 0.05) is 45.1 Å². The maximum Gasteiger partial charge on any atom is 0.228 e. The summed E-state index contributed by atoms with van der Waals surface area (Å²) in [5, 5.41) is 0. The van der Waals surface area contributed by atoms with E-state index in [-0.39, 0.29) is 42.0 Å². The van der Waals surface area contributed by atoms with Crippen molar-refractivity contribution < 1.29 is 14.4 Å². The molecule has 6 nitrogen and oxygen atoms in total. The molecule has 3 amide bonds. The molecule has 2 aliphatic heterocycles. The van der Waals surface area contributed by atoms with Gasteiger partial charge in [0.05, 0.1) is 12.0 Å². The zero-order chi connectivity index (χ0) is 21.7. The average molecular weight is 414 g/mol. The lowest BCUT2D eigenvalue weighted by Crippen LogP contribution is -2.42. The molecular formula is C24H35N3O3. The smallest absolute Gasteiger partial charge is 0.228 e. The van der Waals surface area contributed by atoms with Crippen molar-refractivity contribution >= 4 is 17.7 Å². The van der Waals surface area contributed by atoms with Crippen LogP contribution in [0.5, 0.6) is 0 Å². The van der Waals surface area contributed by atoms with E-state index < -0.39 is 0 Å². The minimum atomic E-state index is -0.287. The number of nitrogens with zero attached hydrogens (tertiary/aromatic N) is 3. The number of benzene rings is 1. The summed E-state index contributed by atoms with van der Waals surface area (Å²) < 4.78 is 0. The van der Waals surface area contributed by atoms with Crippen molar-refractivity contribution in [2.75, 3.05) is 32.7 Å². The highest BCUT2D eigenvalue weighted by molar-refractivity contribution is 5.89. The summed E-state index contributed by atoms with van der Waals surface area (Å²) in [4.78, 5) is 44.1. The first kappa shape index (κ1) is 22.3. The Morgan fingerprint density at radius 3 is 2.30 bits per heavy atom. The first-order valence-electron chi connectivity index (χ1n) is 11.4. The van der Waals surface area contributed by atoms with Crippen molar-refractivity contribution in [1.82, 2.24) is 14.7 Å². The molecule has 2 atom stereocenters. The number of carbonyl (C=O) groups is 3. The third-order valence-corrected chi connectivity index (χ3v) is 6.71. The fourth-order valence-corrected chi connectivity index (χ4v) is 4.70. The lowest BCUT2D eigenvalue weighted by Gasteiger charge is -2.27. The quantitative estimate of drug-likeness (QED) is 0.720. The van der Waals surface area contributed by atoms with Crippen molar-refractivity contribution in [2.24, 2.45) is 11.8 Å². The Morgan fingerprint density at radius 2 is 1.63 bits per heavy atom. The van der Waals surface area contributed by atoms with Gasteiger partial charge in [-0.3, -0.25) is 14.4 Å². The number of hydrogen-bond donors (Lipinski definition) is 0. The van der Waals surface area contributed by atoms with Crippen LogP contribution in [0.15, 0.2) is 30.3 Å². The van der Waals surface area contributed by atoms with Gasteiger partial charge in [0.2, 0.25) is 17.7 Å². The molecule has 0 radical (unpaired) electrons. The monoisotopic (exact) mass is 413 g/mol. The molecule has 0 bridgehead atoms. The van der Waals surface area contributed by atoms with Gasteiger partial charge in [0.25, 0.3) is 0 Å². The third kappa shape index (κ3) is 4.85. The Bertz CT molecular complexity index is 747. The van der Waals surface area contributed by atoms with Crippen molar-refractivity contribution in [2.45, 2.75) is 52.5 Å². The van der Waals surface area contributed by atoms with Gasteiger partial charge in [-0.25, -0.2) is 0 Å². The summed E-state index contributed by atoms with van der Waals surface area (Å²) >= 11 is 0. The molecule has 0 aliphatic carbocycles. The normalized spacial score (nSPS) is 21.1. The van der Waals surface area contributed by atoms with Gasteiger partial charge in [-0.1, -0.05) is 44.2 Å². The fourth-order valence-electron chi connectivity index (χ4n) is 4.70. The maximum absolute atomic E-state index is 13.2. The Morgan fingerprint density at radius 1 is 1.00 bits per heavy atom. The summed E-state index contributed by atoms with van der Waals surface area (Å²) in [5.41, 5.74) is 1.09. The molecule has 0 spiro atoms. The Hall–Kier alpha value is -2.37. The SMILES string of the molecule is CCC(CC)C(=O)N1CCCN(C(=O)C2CC(=O)N(C(C)c3ccccc3)C2)CC1. The lowest BCUT2D eigenvalue weighted by molar-refractivity contribution is -0.138. The van der Waals surface area contributed by atoms with Gasteiger partial charge >= 0.3 is 0 Å². The molecule has 2 heterocycles. The third-order valence-electron chi connectivity index (χ3n) is 6.71. The second-order valence-corrected chi connectivity index (χ2v) is 8.55. The van der Waals surface area contributed by atoms with Crippen LogP contribution in [0.25, 0.3) is 0 Å². The van der Waals surface area contributed by atoms with Crippen molar-refractivity contribution in [1.29, 1.82) is 0 Å². The van der Waals surface area contributed by atoms with Gasteiger partial charge in [-0.2, -0.15) is 0 Å². The molecule has 2 unspecified atom stereocenters. The molecule has 0 saturated carbocycles. The zero-order valence-electron chi connectivity index (χ0n) is 18.5. The molecule has 164 valence electrons. The molecule has 30 heavy (non-hydrogen) atoms. The topological polar surface area (TPSA) is 60.9 Å². The minimum absolute atomic E-state index is 0.0335. The van der Waals surface area contributed by atoms with Crippen LogP contribution in [-0.2, 0) is 14.4 Å². The number of rotatable bonds is 6. The van der Waals surface area contributed by atoms with Crippen molar-refractivity contribution in [3.63, 3.8) is 0 Å². The molecule has 2 aliphatic rings. The van der Waals surface area contributed by atoms with Gasteiger partial charge < -0.3 is 14.7 Å². The van der Waals surface area contributed by atoms with Crippen LogP contribution in [0, 0.1) is 11.8 Å². The second kappa shape index (κ2) is 10.1. The summed E-state index contributed by atoms with van der Waals surface area (Å²) in [6.07, 6.45) is 2.79. The van der Waals surface area contributed by atoms with E-state index in [2.05, 4.69) is 13.8 Å². The van der Waals surface area contributed by atoms with Gasteiger partial charge in [-0.15, -0.1) is 0 Å². The molecule has 1 aromatic rings. The number of likely N-dealkylation sites (tertiary alicyclic amines) is 1. The fraction of sp³-hybridized carbons (Fsp3) is 0.625. The standard InChI is InChI=1S/C24H35N3O3/c1-4-19(5-2)23(29)25-12-9-13-26(15-14-25)24(30)21-16-22(28)27(17-21)18(3)20-10-7-6-8-11-20/h6-8,10-11,18-19,21H,4-5,9,12-17H2,1-3H3. The van der Waals surface area contributed by atoms with Crippen LogP contribution in [0.1, 0.15) is 58.1 Å². The molecule has 2 saturated heterocycles. The first-order valence-corrected chi connectivity index (χ1v) is 11.4. The molecule has 0 aromatic heterocycles. The summed E-state index contributed by atoms with van der Waals surface area (Å²) in [7, 11) is 0. The molecule has 1 aromatic carbocycles. The summed E-state index contributed by atoms with van der Waals surface area (Å²) in [6, 6.07) is 9.92. The minimum Gasteiger partial charge on any atom is -0.341 e. The van der Waals surface area contributed by atoms with Crippen LogP contribution in [0.3, 0.4) is 0 Å². The largest absolute Gasteiger partial charge is 0.341 e. The van der Waals surface area contributed by atoms with Crippen LogP contribution in [-0.4, -0.2) is 65.1 Å². The molecular weight excluding hydrogens is 378 g/mol. The zero-order valence-corrected chi connectivity index (χ0v) is 18.5. The molecule has 3 rings (SSSR count). The first-order chi connectivity index (χ1) is 14.5. The van der Waals surface area contributed by atoms with E-state index in [4.69, 9.17) is 0 Å². The Balaban J connectivity index is 1.59. The van der Waals surface area contributed by atoms with E-state index in [9.17, 15) is 14.4 Å². The van der Waals surface area contributed by atoms with E-state index in [0.29, 0.717) is 32.7 Å². The van der Waals surface area contributed by atoms with E-state index in [1.165, 1.54) is 0 Å². The second-order valence-electron chi connectivity index (χ2n) is 8.55.